The Hall–Kier alpha value is -3.93. The highest BCUT2D eigenvalue weighted by atomic mass is 16.6. The summed E-state index contributed by atoms with van der Waals surface area (Å²) in [5.41, 5.74) is 0. The maximum Gasteiger partial charge on any atom is 0.306 e. The molecule has 1 unspecified atom stereocenters. The number of allylic oxidation sites excluding steroid dienone is 18. The van der Waals surface area contributed by atoms with Crippen LogP contribution in [0.5, 0.6) is 0 Å². The lowest BCUT2D eigenvalue weighted by Gasteiger charge is -2.18. The Balaban J connectivity index is 4.55. The molecule has 0 rings (SSSR count). The molecule has 1 atom stereocenters. The van der Waals surface area contributed by atoms with Gasteiger partial charge in [-0.25, -0.2) is 0 Å². The van der Waals surface area contributed by atoms with Crippen molar-refractivity contribution >= 4 is 17.9 Å². The lowest BCUT2D eigenvalue weighted by atomic mass is 10.0. The minimum Gasteiger partial charge on any atom is -0.462 e. The largest absolute Gasteiger partial charge is 0.462 e. The van der Waals surface area contributed by atoms with Crippen LogP contribution in [-0.2, 0) is 28.6 Å². The van der Waals surface area contributed by atoms with Crippen LogP contribution in [0, 0.1) is 0 Å². The van der Waals surface area contributed by atoms with Gasteiger partial charge in [0, 0.05) is 19.3 Å². The van der Waals surface area contributed by atoms with Crippen LogP contribution in [-0.4, -0.2) is 37.2 Å². The second-order valence-corrected chi connectivity index (χ2v) is 16.1. The van der Waals surface area contributed by atoms with E-state index >= 15 is 0 Å². The van der Waals surface area contributed by atoms with Crippen LogP contribution in [0.25, 0.3) is 0 Å². The van der Waals surface area contributed by atoms with Crippen LogP contribution in [0.2, 0.25) is 0 Å². The Morgan fingerprint density at radius 2 is 0.742 bits per heavy atom. The predicted octanol–water partition coefficient (Wildman–Crippen LogP) is 16.4. The molecule has 0 aromatic rings. The molecule has 0 aliphatic heterocycles. The number of rotatable bonds is 43. The van der Waals surface area contributed by atoms with E-state index in [-0.39, 0.29) is 44.0 Å². The van der Waals surface area contributed by atoms with Gasteiger partial charge in [0.25, 0.3) is 0 Å². The van der Waals surface area contributed by atoms with Gasteiger partial charge in [-0.1, -0.05) is 226 Å². The van der Waals surface area contributed by atoms with E-state index in [4.69, 9.17) is 14.2 Å². The number of carbonyl (C=O) groups is 3. The molecule has 0 aromatic carbocycles. The summed E-state index contributed by atoms with van der Waals surface area (Å²) in [5, 5.41) is 0. The Kier molecular flexibility index (Phi) is 46.6. The monoisotopic (exact) mass is 859 g/mol. The molecule has 0 aliphatic carbocycles. The molecule has 0 fully saturated rings. The summed E-state index contributed by atoms with van der Waals surface area (Å²) >= 11 is 0. The average Bonchev–Trinajstić information content (AvgIpc) is 3.27. The molecule has 0 bridgehead atoms. The molecule has 62 heavy (non-hydrogen) atoms. The Labute approximate surface area is 380 Å². The quantitative estimate of drug-likeness (QED) is 0.0200. The fourth-order valence-electron chi connectivity index (χ4n) is 6.44. The van der Waals surface area contributed by atoms with Gasteiger partial charge in [0.05, 0.1) is 0 Å². The van der Waals surface area contributed by atoms with Crippen LogP contribution in [0.1, 0.15) is 207 Å². The molecule has 0 spiro atoms. The van der Waals surface area contributed by atoms with Crippen molar-refractivity contribution < 1.29 is 28.6 Å². The highest BCUT2D eigenvalue weighted by Crippen LogP contribution is 2.14. The van der Waals surface area contributed by atoms with Crippen molar-refractivity contribution in [1.82, 2.24) is 0 Å². The summed E-state index contributed by atoms with van der Waals surface area (Å²) < 4.78 is 16.7. The summed E-state index contributed by atoms with van der Waals surface area (Å²) in [7, 11) is 0. The lowest BCUT2D eigenvalue weighted by molar-refractivity contribution is -0.166. The molecule has 0 aromatic heterocycles. The fraction of sp³-hybridized carbons (Fsp3) is 0.625. The highest BCUT2D eigenvalue weighted by molar-refractivity contribution is 5.71. The first-order valence-electron chi connectivity index (χ1n) is 24.9. The average molecular weight is 859 g/mol. The Morgan fingerprint density at radius 3 is 1.24 bits per heavy atom. The Bertz CT molecular complexity index is 1310. The zero-order valence-corrected chi connectivity index (χ0v) is 39.8. The van der Waals surface area contributed by atoms with Crippen LogP contribution in [0.15, 0.2) is 109 Å². The molecular weight excluding hydrogens is 769 g/mol. The number of carbonyl (C=O) groups excluding carboxylic acids is 3. The molecule has 0 saturated carbocycles. The van der Waals surface area contributed by atoms with Crippen molar-refractivity contribution in [1.29, 1.82) is 0 Å². The second-order valence-electron chi connectivity index (χ2n) is 16.1. The smallest absolute Gasteiger partial charge is 0.306 e. The molecule has 0 heterocycles. The van der Waals surface area contributed by atoms with Crippen molar-refractivity contribution in [3.05, 3.63) is 109 Å². The van der Waals surface area contributed by atoms with E-state index in [1.807, 2.05) is 36.5 Å². The maximum absolute atomic E-state index is 12.8. The van der Waals surface area contributed by atoms with E-state index in [0.717, 1.165) is 96.3 Å². The summed E-state index contributed by atoms with van der Waals surface area (Å²) in [6.07, 6.45) is 66.5. The predicted molar refractivity (Wildman–Crippen MR) is 265 cm³/mol. The van der Waals surface area contributed by atoms with Crippen LogP contribution in [0.4, 0.5) is 0 Å². The van der Waals surface area contributed by atoms with Crippen molar-refractivity contribution in [2.24, 2.45) is 0 Å². The van der Waals surface area contributed by atoms with Crippen molar-refractivity contribution in [2.75, 3.05) is 13.2 Å². The van der Waals surface area contributed by atoms with Crippen LogP contribution < -0.4 is 0 Å². The second kappa shape index (κ2) is 49.7. The van der Waals surface area contributed by atoms with E-state index in [0.29, 0.717) is 12.8 Å². The number of hydrogen-bond donors (Lipinski definition) is 0. The number of hydrogen-bond acceptors (Lipinski definition) is 6. The van der Waals surface area contributed by atoms with Gasteiger partial charge in [0.2, 0.25) is 0 Å². The number of unbranched alkanes of at least 4 members (excludes halogenated alkanes) is 17. The summed E-state index contributed by atoms with van der Waals surface area (Å²) in [6.45, 7) is 6.28. The number of ether oxygens (including phenoxy) is 3. The van der Waals surface area contributed by atoms with Gasteiger partial charge in [-0.3, -0.25) is 14.4 Å². The van der Waals surface area contributed by atoms with Crippen LogP contribution >= 0.6 is 0 Å². The van der Waals surface area contributed by atoms with Gasteiger partial charge in [-0.15, -0.1) is 0 Å². The highest BCUT2D eigenvalue weighted by Gasteiger charge is 2.19. The van der Waals surface area contributed by atoms with E-state index in [1.54, 1.807) is 0 Å². The minimum absolute atomic E-state index is 0.111. The first kappa shape index (κ1) is 58.1. The zero-order chi connectivity index (χ0) is 45.1. The van der Waals surface area contributed by atoms with Crippen molar-refractivity contribution in [3.8, 4) is 0 Å². The molecule has 0 saturated heterocycles. The number of esters is 3. The molecule has 350 valence electrons. The topological polar surface area (TPSA) is 78.9 Å². The summed E-state index contributed by atoms with van der Waals surface area (Å²) in [6, 6.07) is 0. The molecule has 6 nitrogen and oxygen atoms in total. The van der Waals surface area contributed by atoms with Gasteiger partial charge in [-0.05, 0) is 70.6 Å². The molecule has 6 heteroatoms. The van der Waals surface area contributed by atoms with E-state index < -0.39 is 6.10 Å². The lowest BCUT2D eigenvalue weighted by Crippen LogP contribution is -2.30. The SMILES string of the molecule is CC\C=C/C=C\C=C/C=C\CCCCCCCC(=O)OC(COC(=O)CC/C=C\C/C=C\C/C=C\C/C=C\C/C=C\CC)COC(=O)CCCCCCCCCCCCCCC. The molecular formula is C56H90O6. The van der Waals surface area contributed by atoms with Crippen molar-refractivity contribution in [2.45, 2.75) is 213 Å². The first-order valence-corrected chi connectivity index (χ1v) is 24.9. The van der Waals surface area contributed by atoms with Gasteiger partial charge >= 0.3 is 17.9 Å². The van der Waals surface area contributed by atoms with Crippen LogP contribution in [0.3, 0.4) is 0 Å². The van der Waals surface area contributed by atoms with Gasteiger partial charge < -0.3 is 14.2 Å². The maximum atomic E-state index is 12.8. The first-order chi connectivity index (χ1) is 30.5. The minimum atomic E-state index is -0.820. The Morgan fingerprint density at radius 1 is 0.355 bits per heavy atom. The third-order valence-corrected chi connectivity index (χ3v) is 10.1. The van der Waals surface area contributed by atoms with E-state index in [2.05, 4.69) is 93.7 Å². The normalized spacial score (nSPS) is 13.0. The summed E-state index contributed by atoms with van der Waals surface area (Å²) in [4.78, 5) is 37.9. The third kappa shape index (κ3) is 47.1. The molecule has 0 amide bonds. The van der Waals surface area contributed by atoms with Gasteiger partial charge in [-0.2, -0.15) is 0 Å². The fourth-order valence-corrected chi connectivity index (χ4v) is 6.44. The summed E-state index contributed by atoms with van der Waals surface area (Å²) in [5.74, 6) is -1.03. The molecule has 0 N–H and O–H groups in total. The standard InChI is InChI=1S/C56H90O6/c1-4-7-10-13-16-19-22-25-27-29-31-34-37-40-43-46-49-55(58)61-52-53(51-60-54(57)48-45-42-39-36-33-30-24-21-18-15-12-9-6-3)62-56(59)50-47-44-41-38-35-32-28-26-23-20-17-14-11-8-5-2/h7-8,10-11,14,16-17,19-20,23,25-28,31,34,40,43,53H,4-6,9,12-13,15,18,21-22,24,29-30,32-33,35-39,41-42,44-52H2,1-3H3/b10-7-,11-8-,17-14-,19-16-,23-20-,27-25-,28-26-,34-31-,43-40-. The third-order valence-electron chi connectivity index (χ3n) is 10.1. The molecule has 0 radical (unpaired) electrons. The van der Waals surface area contributed by atoms with Crippen molar-refractivity contribution in [3.63, 3.8) is 0 Å². The molecule has 0 aliphatic rings. The van der Waals surface area contributed by atoms with E-state index in [9.17, 15) is 14.4 Å². The van der Waals surface area contributed by atoms with E-state index in [1.165, 1.54) is 64.2 Å². The zero-order valence-electron chi connectivity index (χ0n) is 39.8. The van der Waals surface area contributed by atoms with Gasteiger partial charge in [0.15, 0.2) is 6.10 Å². The van der Waals surface area contributed by atoms with Gasteiger partial charge in [0.1, 0.15) is 13.2 Å².